The minimum Gasteiger partial charge on any atom is -0.373 e. The molecule has 2 aliphatic heterocycles. The molecule has 0 spiro atoms. The summed E-state index contributed by atoms with van der Waals surface area (Å²) in [6.45, 7) is 7.91. The molecule has 3 rings (SSSR count). The highest BCUT2D eigenvalue weighted by Crippen LogP contribution is 2.29. The van der Waals surface area contributed by atoms with Crippen molar-refractivity contribution >= 4 is 15.9 Å². The number of hydrogen-bond acceptors (Lipinski definition) is 4. The molecule has 140 valence electrons. The summed E-state index contributed by atoms with van der Waals surface area (Å²) in [5.41, 5.74) is 2.58. The molecule has 6 nitrogen and oxygen atoms in total. The van der Waals surface area contributed by atoms with Crippen molar-refractivity contribution in [2.45, 2.75) is 51.9 Å². The number of para-hydroxylation sites is 1. The Kier molecular flexibility index (Phi) is 5.68. The highest BCUT2D eigenvalue weighted by molar-refractivity contribution is 7.87. The number of aryl methyl sites for hydroxylation is 1. The second kappa shape index (κ2) is 7.61. The van der Waals surface area contributed by atoms with E-state index in [2.05, 4.69) is 34.7 Å². The second-order valence-electron chi connectivity index (χ2n) is 7.18. The van der Waals surface area contributed by atoms with Crippen LogP contribution >= 0.6 is 0 Å². The molecule has 0 radical (unpaired) electrons. The summed E-state index contributed by atoms with van der Waals surface area (Å²) >= 11 is 0. The molecule has 0 unspecified atom stereocenters. The molecule has 1 fully saturated rings. The molecule has 1 aromatic rings. The van der Waals surface area contributed by atoms with E-state index in [1.165, 1.54) is 15.6 Å². The van der Waals surface area contributed by atoms with E-state index in [1.54, 1.807) is 0 Å². The maximum absolute atomic E-state index is 12.6. The predicted octanol–water partition coefficient (Wildman–Crippen LogP) is 1.77. The Morgan fingerprint density at radius 3 is 2.56 bits per heavy atom. The van der Waals surface area contributed by atoms with Crippen LogP contribution in [0.1, 0.15) is 32.8 Å². The molecule has 3 atom stereocenters. The van der Waals surface area contributed by atoms with Crippen LogP contribution in [0.2, 0.25) is 0 Å². The molecule has 0 bridgehead atoms. The third-order valence-corrected chi connectivity index (χ3v) is 6.57. The van der Waals surface area contributed by atoms with E-state index in [-0.39, 0.29) is 12.2 Å². The van der Waals surface area contributed by atoms with Crippen LogP contribution < -0.4 is 9.62 Å². The Morgan fingerprint density at radius 2 is 1.84 bits per heavy atom. The highest BCUT2D eigenvalue weighted by Gasteiger charge is 2.31. The third-order valence-electron chi connectivity index (χ3n) is 5.03. The number of rotatable bonds is 5. The fourth-order valence-electron chi connectivity index (χ4n) is 3.81. The summed E-state index contributed by atoms with van der Waals surface area (Å²) in [6, 6.07) is 8.82. The molecular formula is C18H29N3O3S. The summed E-state index contributed by atoms with van der Waals surface area (Å²) in [4.78, 5) is 2.31. The van der Waals surface area contributed by atoms with Crippen molar-refractivity contribution in [2.24, 2.45) is 0 Å². The van der Waals surface area contributed by atoms with Crippen molar-refractivity contribution in [3.8, 4) is 0 Å². The van der Waals surface area contributed by atoms with Gasteiger partial charge in [0.2, 0.25) is 0 Å². The van der Waals surface area contributed by atoms with Gasteiger partial charge in [0, 0.05) is 37.9 Å². The van der Waals surface area contributed by atoms with Gasteiger partial charge < -0.3 is 9.64 Å². The summed E-state index contributed by atoms with van der Waals surface area (Å²) in [5, 5.41) is 0. The Morgan fingerprint density at radius 1 is 1.16 bits per heavy atom. The topological polar surface area (TPSA) is 61.9 Å². The summed E-state index contributed by atoms with van der Waals surface area (Å²) in [5.74, 6) is 0. The number of nitrogens with one attached hydrogen (secondary N) is 1. The molecular weight excluding hydrogens is 338 g/mol. The fourth-order valence-corrected chi connectivity index (χ4v) is 5.16. The van der Waals surface area contributed by atoms with E-state index in [9.17, 15) is 8.42 Å². The molecule has 2 heterocycles. The number of morpholine rings is 1. The first-order chi connectivity index (χ1) is 11.9. The van der Waals surface area contributed by atoms with Gasteiger partial charge in [0.15, 0.2) is 0 Å². The lowest BCUT2D eigenvalue weighted by Crippen LogP contribution is -2.53. The molecule has 0 amide bonds. The zero-order valence-corrected chi connectivity index (χ0v) is 16.1. The quantitative estimate of drug-likeness (QED) is 0.862. The largest absolute Gasteiger partial charge is 0.373 e. The summed E-state index contributed by atoms with van der Waals surface area (Å²) in [6.07, 6.45) is 2.04. The zero-order chi connectivity index (χ0) is 18.0. The van der Waals surface area contributed by atoms with E-state index >= 15 is 0 Å². The van der Waals surface area contributed by atoms with E-state index in [0.29, 0.717) is 32.2 Å². The molecule has 1 aromatic carbocycles. The average Bonchev–Trinajstić information content (AvgIpc) is 2.56. The number of nitrogens with zero attached hydrogens (tertiary/aromatic N) is 2. The molecule has 25 heavy (non-hydrogen) atoms. The maximum atomic E-state index is 12.6. The van der Waals surface area contributed by atoms with Gasteiger partial charge in [0.25, 0.3) is 10.2 Å². The van der Waals surface area contributed by atoms with Crippen molar-refractivity contribution in [3.05, 3.63) is 29.8 Å². The first-order valence-corrected chi connectivity index (χ1v) is 10.6. The van der Waals surface area contributed by atoms with Gasteiger partial charge in [-0.25, -0.2) is 4.72 Å². The van der Waals surface area contributed by atoms with E-state index in [4.69, 9.17) is 4.74 Å². The van der Waals surface area contributed by atoms with E-state index < -0.39 is 10.2 Å². The van der Waals surface area contributed by atoms with E-state index in [0.717, 1.165) is 12.8 Å². The molecule has 2 aliphatic rings. The van der Waals surface area contributed by atoms with Crippen LogP contribution in [-0.2, 0) is 21.4 Å². The molecule has 0 saturated carbocycles. The maximum Gasteiger partial charge on any atom is 0.279 e. The second-order valence-corrected chi connectivity index (χ2v) is 8.94. The smallest absolute Gasteiger partial charge is 0.279 e. The van der Waals surface area contributed by atoms with Crippen molar-refractivity contribution < 1.29 is 13.2 Å². The van der Waals surface area contributed by atoms with Gasteiger partial charge in [-0.15, -0.1) is 0 Å². The van der Waals surface area contributed by atoms with Crippen molar-refractivity contribution in [2.75, 3.05) is 31.1 Å². The Hall–Kier alpha value is -1.15. The monoisotopic (exact) mass is 367 g/mol. The van der Waals surface area contributed by atoms with Gasteiger partial charge >= 0.3 is 0 Å². The zero-order valence-electron chi connectivity index (χ0n) is 15.3. The van der Waals surface area contributed by atoms with Crippen LogP contribution in [0.25, 0.3) is 0 Å². The number of ether oxygens (including phenoxy) is 1. The SMILES string of the molecule is C[C@@H]1CN(S(=O)(=O)NCCN2c3ccccc3CC[C@H]2C)C[C@H](C)O1. The van der Waals surface area contributed by atoms with Crippen molar-refractivity contribution in [3.63, 3.8) is 0 Å². The number of anilines is 1. The minimum atomic E-state index is -3.47. The van der Waals surface area contributed by atoms with Gasteiger partial charge in [-0.3, -0.25) is 0 Å². The number of benzene rings is 1. The Bertz CT molecular complexity index is 685. The van der Waals surface area contributed by atoms with Crippen LogP contribution in [0.3, 0.4) is 0 Å². The van der Waals surface area contributed by atoms with Crippen LogP contribution in [0.15, 0.2) is 24.3 Å². The first-order valence-electron chi connectivity index (χ1n) is 9.11. The van der Waals surface area contributed by atoms with Gasteiger partial charge in [-0.1, -0.05) is 18.2 Å². The standard InChI is InChI=1S/C18H29N3O3S/c1-14-8-9-17-6-4-5-7-18(17)21(14)11-10-19-25(22,23)20-12-15(2)24-16(3)13-20/h4-7,14-16,19H,8-13H2,1-3H3/t14-,15-,16+/m1/s1. The van der Waals surface area contributed by atoms with Crippen molar-refractivity contribution in [1.29, 1.82) is 0 Å². The normalized spacial score (nSPS) is 28.0. The predicted molar refractivity (Wildman–Crippen MR) is 100 cm³/mol. The van der Waals surface area contributed by atoms with Gasteiger partial charge in [0.1, 0.15) is 0 Å². The van der Waals surface area contributed by atoms with Crippen LogP contribution in [0.4, 0.5) is 5.69 Å². The van der Waals surface area contributed by atoms with Crippen molar-refractivity contribution in [1.82, 2.24) is 9.03 Å². The van der Waals surface area contributed by atoms with E-state index in [1.807, 2.05) is 19.9 Å². The van der Waals surface area contributed by atoms with Gasteiger partial charge in [-0.05, 0) is 45.2 Å². The van der Waals surface area contributed by atoms with Crippen LogP contribution in [0, 0.1) is 0 Å². The van der Waals surface area contributed by atoms with Crippen LogP contribution in [0.5, 0.6) is 0 Å². The Labute approximate surface area is 151 Å². The number of fused-ring (bicyclic) bond motifs is 1. The number of hydrogen-bond donors (Lipinski definition) is 1. The molecule has 0 aromatic heterocycles. The average molecular weight is 368 g/mol. The molecule has 0 aliphatic carbocycles. The molecule has 1 N–H and O–H groups in total. The lowest BCUT2D eigenvalue weighted by Gasteiger charge is -2.38. The minimum absolute atomic E-state index is 0.0747. The third kappa shape index (κ3) is 4.34. The van der Waals surface area contributed by atoms with Crippen LogP contribution in [-0.4, -0.2) is 57.2 Å². The molecule has 1 saturated heterocycles. The molecule has 7 heteroatoms. The highest BCUT2D eigenvalue weighted by atomic mass is 32.2. The fraction of sp³-hybridized carbons (Fsp3) is 0.667. The lowest BCUT2D eigenvalue weighted by atomic mass is 9.97. The summed E-state index contributed by atoms with van der Waals surface area (Å²) < 4.78 is 35.1. The summed E-state index contributed by atoms with van der Waals surface area (Å²) in [7, 11) is -3.47. The Balaban J connectivity index is 1.61. The lowest BCUT2D eigenvalue weighted by molar-refractivity contribution is -0.0443. The van der Waals surface area contributed by atoms with Gasteiger partial charge in [0.05, 0.1) is 12.2 Å². The first kappa shape index (κ1) is 18.6. The van der Waals surface area contributed by atoms with Gasteiger partial charge in [-0.2, -0.15) is 12.7 Å².